The molecule has 0 aliphatic heterocycles. The second-order valence-electron chi connectivity index (χ2n) is 3.92. The first kappa shape index (κ1) is 12.6. The highest BCUT2D eigenvalue weighted by atomic mass is 32.2. The van der Waals surface area contributed by atoms with E-state index in [9.17, 15) is 0 Å². The Morgan fingerprint density at radius 1 is 1.41 bits per heavy atom. The SMILES string of the molecule is CCCNc1nc(CSC)nc2sc(C)cc12. The molecular formula is C12H17N3S2. The summed E-state index contributed by atoms with van der Waals surface area (Å²) in [6.45, 7) is 5.23. The standard InChI is InChI=1S/C12H17N3S2/c1-4-5-13-11-9-6-8(2)17-12(9)15-10(14-11)7-16-3/h6H,4-5,7H2,1-3H3,(H,13,14,15). The van der Waals surface area contributed by atoms with Crippen molar-refractivity contribution in [3.8, 4) is 0 Å². The summed E-state index contributed by atoms with van der Waals surface area (Å²) < 4.78 is 0. The molecular weight excluding hydrogens is 250 g/mol. The van der Waals surface area contributed by atoms with E-state index in [1.165, 1.54) is 4.88 Å². The van der Waals surface area contributed by atoms with Crippen LogP contribution in [0.2, 0.25) is 0 Å². The second-order valence-corrected chi connectivity index (χ2v) is 6.02. The highest BCUT2D eigenvalue weighted by molar-refractivity contribution is 7.97. The van der Waals surface area contributed by atoms with Gasteiger partial charge in [0, 0.05) is 11.4 Å². The Kier molecular flexibility index (Phi) is 4.23. The lowest BCUT2D eigenvalue weighted by molar-refractivity contribution is 0.961. The van der Waals surface area contributed by atoms with Crippen molar-refractivity contribution in [2.24, 2.45) is 0 Å². The molecule has 5 heteroatoms. The Labute approximate surface area is 110 Å². The Morgan fingerprint density at radius 2 is 2.24 bits per heavy atom. The van der Waals surface area contributed by atoms with Gasteiger partial charge in [0.05, 0.1) is 11.1 Å². The molecule has 2 aromatic rings. The molecule has 0 spiro atoms. The van der Waals surface area contributed by atoms with E-state index < -0.39 is 0 Å². The molecule has 17 heavy (non-hydrogen) atoms. The minimum atomic E-state index is 0.869. The highest BCUT2D eigenvalue weighted by Crippen LogP contribution is 2.29. The average Bonchev–Trinajstić information content (AvgIpc) is 2.67. The number of nitrogens with one attached hydrogen (secondary N) is 1. The number of thiophene rings is 1. The quantitative estimate of drug-likeness (QED) is 0.896. The third-order valence-electron chi connectivity index (χ3n) is 2.38. The molecule has 0 amide bonds. The van der Waals surface area contributed by atoms with Crippen LogP contribution in [0.15, 0.2) is 6.07 Å². The fraction of sp³-hybridized carbons (Fsp3) is 0.500. The lowest BCUT2D eigenvalue weighted by Gasteiger charge is -2.07. The van der Waals surface area contributed by atoms with E-state index in [0.717, 1.165) is 40.6 Å². The summed E-state index contributed by atoms with van der Waals surface area (Å²) in [4.78, 5) is 11.6. The topological polar surface area (TPSA) is 37.8 Å². The molecule has 0 radical (unpaired) electrons. The van der Waals surface area contributed by atoms with Crippen LogP contribution in [0, 0.1) is 6.92 Å². The molecule has 0 fully saturated rings. The lowest BCUT2D eigenvalue weighted by Crippen LogP contribution is -2.04. The van der Waals surface area contributed by atoms with E-state index >= 15 is 0 Å². The van der Waals surface area contributed by atoms with E-state index in [-0.39, 0.29) is 0 Å². The van der Waals surface area contributed by atoms with Crippen molar-refractivity contribution in [2.45, 2.75) is 26.0 Å². The molecule has 0 unspecified atom stereocenters. The number of aromatic nitrogens is 2. The average molecular weight is 267 g/mol. The molecule has 0 bridgehead atoms. The van der Waals surface area contributed by atoms with Gasteiger partial charge in [0.15, 0.2) is 0 Å². The van der Waals surface area contributed by atoms with Gasteiger partial charge in [-0.05, 0) is 25.7 Å². The first-order valence-corrected chi connectivity index (χ1v) is 7.95. The molecule has 1 N–H and O–H groups in total. The minimum Gasteiger partial charge on any atom is -0.369 e. The van der Waals surface area contributed by atoms with Crippen LogP contribution in [0.4, 0.5) is 5.82 Å². The summed E-state index contributed by atoms with van der Waals surface area (Å²) in [5.74, 6) is 2.78. The Bertz CT molecular complexity index is 508. The van der Waals surface area contributed by atoms with E-state index in [0.29, 0.717) is 0 Å². The largest absolute Gasteiger partial charge is 0.369 e. The van der Waals surface area contributed by atoms with Crippen molar-refractivity contribution >= 4 is 39.1 Å². The number of fused-ring (bicyclic) bond motifs is 1. The molecule has 0 saturated heterocycles. The van der Waals surface area contributed by atoms with Crippen LogP contribution in [0.5, 0.6) is 0 Å². The zero-order valence-electron chi connectivity index (χ0n) is 10.4. The number of nitrogens with zero attached hydrogens (tertiary/aromatic N) is 2. The van der Waals surface area contributed by atoms with Gasteiger partial charge >= 0.3 is 0 Å². The Balaban J connectivity index is 2.44. The first-order chi connectivity index (χ1) is 8.24. The van der Waals surface area contributed by atoms with Crippen molar-refractivity contribution in [1.82, 2.24) is 9.97 Å². The van der Waals surface area contributed by atoms with Crippen molar-refractivity contribution in [3.05, 3.63) is 16.8 Å². The third kappa shape index (κ3) is 2.90. The maximum absolute atomic E-state index is 4.61. The maximum Gasteiger partial charge on any atom is 0.142 e. The van der Waals surface area contributed by atoms with E-state index in [1.54, 1.807) is 23.1 Å². The molecule has 0 saturated carbocycles. The number of thioether (sulfide) groups is 1. The van der Waals surface area contributed by atoms with Gasteiger partial charge in [-0.15, -0.1) is 11.3 Å². The molecule has 3 nitrogen and oxygen atoms in total. The predicted octanol–water partition coefficient (Wildman–Crippen LogP) is 3.68. The predicted molar refractivity (Wildman–Crippen MR) is 78.2 cm³/mol. The van der Waals surface area contributed by atoms with Gasteiger partial charge in [0.2, 0.25) is 0 Å². The molecule has 92 valence electrons. The number of hydrogen-bond acceptors (Lipinski definition) is 5. The van der Waals surface area contributed by atoms with Gasteiger partial charge < -0.3 is 5.32 Å². The third-order valence-corrected chi connectivity index (χ3v) is 3.87. The zero-order valence-corrected chi connectivity index (χ0v) is 12.0. The molecule has 2 rings (SSSR count). The summed E-state index contributed by atoms with van der Waals surface area (Å²) >= 11 is 3.49. The Hall–Kier alpha value is -0.810. The van der Waals surface area contributed by atoms with Crippen LogP contribution in [0.1, 0.15) is 24.0 Å². The van der Waals surface area contributed by atoms with E-state index in [1.807, 2.05) is 0 Å². The van der Waals surface area contributed by atoms with Gasteiger partial charge in [-0.1, -0.05) is 6.92 Å². The molecule has 0 aromatic carbocycles. The van der Waals surface area contributed by atoms with E-state index in [2.05, 4.69) is 41.5 Å². The van der Waals surface area contributed by atoms with Gasteiger partial charge in [-0.2, -0.15) is 11.8 Å². The van der Waals surface area contributed by atoms with Gasteiger partial charge in [-0.25, -0.2) is 9.97 Å². The molecule has 2 aromatic heterocycles. The number of aryl methyl sites for hydroxylation is 1. The molecule has 0 atom stereocenters. The van der Waals surface area contributed by atoms with Crippen molar-refractivity contribution in [3.63, 3.8) is 0 Å². The lowest BCUT2D eigenvalue weighted by atomic mass is 10.3. The smallest absolute Gasteiger partial charge is 0.142 e. The van der Waals surface area contributed by atoms with Crippen LogP contribution in [0.25, 0.3) is 10.2 Å². The van der Waals surface area contributed by atoms with Crippen LogP contribution in [0.3, 0.4) is 0 Å². The van der Waals surface area contributed by atoms with Gasteiger partial charge in [0.1, 0.15) is 16.5 Å². The van der Waals surface area contributed by atoms with Crippen LogP contribution >= 0.6 is 23.1 Å². The second kappa shape index (κ2) is 5.69. The minimum absolute atomic E-state index is 0.869. The summed E-state index contributed by atoms with van der Waals surface area (Å²) in [7, 11) is 0. The maximum atomic E-state index is 4.61. The fourth-order valence-electron chi connectivity index (χ4n) is 1.66. The Morgan fingerprint density at radius 3 is 2.94 bits per heavy atom. The summed E-state index contributed by atoms with van der Waals surface area (Å²) in [6.07, 6.45) is 3.18. The van der Waals surface area contributed by atoms with Gasteiger partial charge in [-0.3, -0.25) is 0 Å². The molecule has 2 heterocycles. The first-order valence-electron chi connectivity index (χ1n) is 5.74. The summed E-state index contributed by atoms with van der Waals surface area (Å²) in [5.41, 5.74) is 0. The molecule has 0 aliphatic carbocycles. The molecule has 0 aliphatic rings. The summed E-state index contributed by atoms with van der Waals surface area (Å²) in [6, 6.07) is 2.17. The fourth-order valence-corrected chi connectivity index (χ4v) is 2.94. The van der Waals surface area contributed by atoms with Gasteiger partial charge in [0.25, 0.3) is 0 Å². The number of anilines is 1. The number of rotatable bonds is 5. The number of hydrogen-bond donors (Lipinski definition) is 1. The van der Waals surface area contributed by atoms with Crippen molar-refractivity contribution in [2.75, 3.05) is 18.1 Å². The zero-order chi connectivity index (χ0) is 12.3. The van der Waals surface area contributed by atoms with Crippen LogP contribution in [-0.2, 0) is 5.75 Å². The van der Waals surface area contributed by atoms with Crippen LogP contribution < -0.4 is 5.32 Å². The summed E-state index contributed by atoms with van der Waals surface area (Å²) in [5, 5.41) is 4.55. The van der Waals surface area contributed by atoms with Crippen LogP contribution in [-0.4, -0.2) is 22.8 Å². The normalized spacial score (nSPS) is 11.0. The van der Waals surface area contributed by atoms with E-state index in [4.69, 9.17) is 0 Å². The van der Waals surface area contributed by atoms with Crippen molar-refractivity contribution in [1.29, 1.82) is 0 Å². The van der Waals surface area contributed by atoms with Crippen molar-refractivity contribution < 1.29 is 0 Å². The monoisotopic (exact) mass is 267 g/mol. The highest BCUT2D eigenvalue weighted by Gasteiger charge is 2.09.